The minimum absolute atomic E-state index is 0.0140. The summed E-state index contributed by atoms with van der Waals surface area (Å²) in [7, 11) is 0. The van der Waals surface area contributed by atoms with Crippen LogP contribution in [0.5, 0.6) is 0 Å². The molecule has 3 N–H and O–H groups in total. The Morgan fingerprint density at radius 2 is 2.40 bits per heavy atom. The number of carbonyl (C=O) groups excluding carboxylic acids is 1. The predicted molar refractivity (Wildman–Crippen MR) is 80.2 cm³/mol. The standard InChI is InChI=1S/C13H14ClN3O2S/c14-7-1-3-9-11(5-7)20-13(16-9)17-12(18)10-4-2-8(6-15)19-10/h1,3,5,8,10H,2,4,6,15H2,(H,16,17,18). The van der Waals surface area contributed by atoms with Crippen molar-refractivity contribution < 1.29 is 9.53 Å². The average Bonchev–Trinajstić information content (AvgIpc) is 3.03. The van der Waals surface area contributed by atoms with Gasteiger partial charge < -0.3 is 10.5 Å². The lowest BCUT2D eigenvalue weighted by Crippen LogP contribution is -2.29. The maximum atomic E-state index is 12.1. The number of rotatable bonds is 3. The molecular formula is C13H14ClN3O2S. The molecule has 0 saturated carbocycles. The van der Waals surface area contributed by atoms with Gasteiger partial charge in [-0.2, -0.15) is 0 Å². The van der Waals surface area contributed by atoms with Crippen LogP contribution in [-0.4, -0.2) is 29.6 Å². The summed E-state index contributed by atoms with van der Waals surface area (Å²) >= 11 is 7.33. The number of thiazole rings is 1. The second kappa shape index (κ2) is 5.65. The fourth-order valence-corrected chi connectivity index (χ4v) is 3.35. The molecule has 2 unspecified atom stereocenters. The van der Waals surface area contributed by atoms with Gasteiger partial charge in [-0.15, -0.1) is 0 Å². The van der Waals surface area contributed by atoms with Gasteiger partial charge in [0, 0.05) is 11.6 Å². The number of halogens is 1. The number of nitrogens with zero attached hydrogens (tertiary/aromatic N) is 1. The molecule has 1 aliphatic rings. The normalized spacial score (nSPS) is 22.3. The maximum absolute atomic E-state index is 12.1. The maximum Gasteiger partial charge on any atom is 0.255 e. The smallest absolute Gasteiger partial charge is 0.255 e. The highest BCUT2D eigenvalue weighted by atomic mass is 35.5. The van der Waals surface area contributed by atoms with E-state index in [0.717, 1.165) is 16.6 Å². The summed E-state index contributed by atoms with van der Waals surface area (Å²) in [6, 6.07) is 5.45. The highest BCUT2D eigenvalue weighted by Crippen LogP contribution is 2.29. The van der Waals surface area contributed by atoms with Crippen LogP contribution in [0.4, 0.5) is 5.13 Å². The van der Waals surface area contributed by atoms with Crippen LogP contribution in [0, 0.1) is 0 Å². The molecule has 20 heavy (non-hydrogen) atoms. The monoisotopic (exact) mass is 311 g/mol. The van der Waals surface area contributed by atoms with E-state index in [9.17, 15) is 4.79 Å². The number of anilines is 1. The molecule has 2 aromatic rings. The molecule has 7 heteroatoms. The molecule has 2 heterocycles. The summed E-state index contributed by atoms with van der Waals surface area (Å²) in [4.78, 5) is 16.4. The van der Waals surface area contributed by atoms with E-state index < -0.39 is 6.10 Å². The Kier molecular flexibility index (Phi) is 3.89. The molecule has 3 rings (SSSR count). The third kappa shape index (κ3) is 2.78. The minimum Gasteiger partial charge on any atom is -0.364 e. The van der Waals surface area contributed by atoms with Gasteiger partial charge in [-0.05, 0) is 31.0 Å². The van der Waals surface area contributed by atoms with E-state index >= 15 is 0 Å². The largest absolute Gasteiger partial charge is 0.364 e. The summed E-state index contributed by atoms with van der Waals surface area (Å²) in [5.74, 6) is -0.161. The minimum atomic E-state index is -0.431. The van der Waals surface area contributed by atoms with Crippen molar-refractivity contribution in [3.05, 3.63) is 23.2 Å². The van der Waals surface area contributed by atoms with Crippen molar-refractivity contribution in [3.63, 3.8) is 0 Å². The number of benzene rings is 1. The van der Waals surface area contributed by atoms with Crippen molar-refractivity contribution in [1.82, 2.24) is 4.98 Å². The number of amides is 1. The SMILES string of the molecule is NCC1CCC(C(=O)Nc2nc3ccc(Cl)cc3s2)O1. The molecule has 2 atom stereocenters. The molecule has 5 nitrogen and oxygen atoms in total. The van der Waals surface area contributed by atoms with E-state index in [1.54, 1.807) is 6.07 Å². The molecular weight excluding hydrogens is 298 g/mol. The second-order valence-electron chi connectivity index (χ2n) is 4.68. The van der Waals surface area contributed by atoms with E-state index in [-0.39, 0.29) is 12.0 Å². The van der Waals surface area contributed by atoms with Gasteiger partial charge in [0.1, 0.15) is 6.10 Å². The molecule has 1 saturated heterocycles. The van der Waals surface area contributed by atoms with Crippen LogP contribution >= 0.6 is 22.9 Å². The Bertz CT molecular complexity index is 646. The Balaban J connectivity index is 1.71. The third-order valence-corrected chi connectivity index (χ3v) is 4.41. The molecule has 0 aliphatic carbocycles. The van der Waals surface area contributed by atoms with Crippen molar-refractivity contribution in [2.75, 3.05) is 11.9 Å². The molecule has 1 amide bonds. The van der Waals surface area contributed by atoms with Crippen LogP contribution in [0.1, 0.15) is 12.8 Å². The van der Waals surface area contributed by atoms with Gasteiger partial charge in [-0.25, -0.2) is 4.98 Å². The first-order chi connectivity index (χ1) is 9.65. The van der Waals surface area contributed by atoms with Crippen molar-refractivity contribution in [2.24, 2.45) is 5.73 Å². The van der Waals surface area contributed by atoms with Gasteiger partial charge in [0.25, 0.3) is 5.91 Å². The molecule has 1 aromatic heterocycles. The van der Waals surface area contributed by atoms with Crippen molar-refractivity contribution in [3.8, 4) is 0 Å². The Morgan fingerprint density at radius 1 is 1.55 bits per heavy atom. The lowest BCUT2D eigenvalue weighted by atomic mass is 10.2. The number of nitrogens with two attached hydrogens (primary N) is 1. The number of carbonyl (C=O) groups is 1. The fraction of sp³-hybridized carbons (Fsp3) is 0.385. The van der Waals surface area contributed by atoms with Gasteiger partial charge in [0.05, 0.1) is 16.3 Å². The number of nitrogens with one attached hydrogen (secondary N) is 1. The van der Waals surface area contributed by atoms with Gasteiger partial charge in [0.15, 0.2) is 5.13 Å². The molecule has 106 valence electrons. The molecule has 0 bridgehead atoms. The first-order valence-electron chi connectivity index (χ1n) is 6.38. The number of hydrogen-bond acceptors (Lipinski definition) is 5. The molecule has 1 aromatic carbocycles. The van der Waals surface area contributed by atoms with E-state index in [1.807, 2.05) is 12.1 Å². The van der Waals surface area contributed by atoms with Crippen LogP contribution in [-0.2, 0) is 9.53 Å². The summed E-state index contributed by atoms with van der Waals surface area (Å²) < 4.78 is 6.50. The van der Waals surface area contributed by atoms with Crippen LogP contribution < -0.4 is 11.1 Å². The van der Waals surface area contributed by atoms with Crippen molar-refractivity contribution in [2.45, 2.75) is 25.0 Å². The number of ether oxygens (including phenoxy) is 1. The van der Waals surface area contributed by atoms with Crippen molar-refractivity contribution in [1.29, 1.82) is 0 Å². The van der Waals surface area contributed by atoms with Crippen LogP contribution in [0.15, 0.2) is 18.2 Å². The van der Waals surface area contributed by atoms with Gasteiger partial charge in [0.2, 0.25) is 0 Å². The van der Waals surface area contributed by atoms with Gasteiger partial charge >= 0.3 is 0 Å². The van der Waals surface area contributed by atoms with E-state index in [0.29, 0.717) is 23.1 Å². The van der Waals surface area contributed by atoms with Gasteiger partial charge in [-0.1, -0.05) is 22.9 Å². The van der Waals surface area contributed by atoms with Crippen LogP contribution in [0.25, 0.3) is 10.2 Å². The molecule has 0 radical (unpaired) electrons. The summed E-state index contributed by atoms with van der Waals surface area (Å²) in [6.45, 7) is 0.448. The number of hydrogen-bond donors (Lipinski definition) is 2. The summed E-state index contributed by atoms with van der Waals surface area (Å²) in [6.07, 6.45) is 1.08. The molecule has 1 fully saturated rings. The van der Waals surface area contributed by atoms with E-state index in [2.05, 4.69) is 10.3 Å². The quantitative estimate of drug-likeness (QED) is 0.912. The molecule has 0 spiro atoms. The zero-order valence-electron chi connectivity index (χ0n) is 10.6. The first-order valence-corrected chi connectivity index (χ1v) is 7.57. The van der Waals surface area contributed by atoms with Crippen LogP contribution in [0.3, 0.4) is 0 Å². The Labute approximate surface area is 125 Å². The summed E-state index contributed by atoms with van der Waals surface area (Å²) in [5.41, 5.74) is 6.36. The summed E-state index contributed by atoms with van der Waals surface area (Å²) in [5, 5.41) is 4.02. The van der Waals surface area contributed by atoms with E-state index in [1.165, 1.54) is 11.3 Å². The highest BCUT2D eigenvalue weighted by Gasteiger charge is 2.30. The lowest BCUT2D eigenvalue weighted by Gasteiger charge is -2.10. The first kappa shape index (κ1) is 13.8. The van der Waals surface area contributed by atoms with E-state index in [4.69, 9.17) is 22.1 Å². The zero-order chi connectivity index (χ0) is 14.1. The highest BCUT2D eigenvalue weighted by molar-refractivity contribution is 7.22. The second-order valence-corrected chi connectivity index (χ2v) is 6.15. The number of fused-ring (bicyclic) bond motifs is 1. The number of aromatic nitrogens is 1. The fourth-order valence-electron chi connectivity index (χ4n) is 2.21. The van der Waals surface area contributed by atoms with Gasteiger partial charge in [-0.3, -0.25) is 10.1 Å². The Hall–Kier alpha value is -1.21. The average molecular weight is 312 g/mol. The topological polar surface area (TPSA) is 77.2 Å². The zero-order valence-corrected chi connectivity index (χ0v) is 12.2. The van der Waals surface area contributed by atoms with Crippen molar-refractivity contribution >= 4 is 44.2 Å². The lowest BCUT2D eigenvalue weighted by molar-refractivity contribution is -0.126. The predicted octanol–water partition coefficient (Wildman–Crippen LogP) is 2.39. The van der Waals surface area contributed by atoms with Crippen LogP contribution in [0.2, 0.25) is 5.02 Å². The molecule has 1 aliphatic heterocycles. The Morgan fingerprint density at radius 3 is 3.15 bits per heavy atom. The third-order valence-electron chi connectivity index (χ3n) is 3.24.